The molecule has 0 spiro atoms. The summed E-state index contributed by atoms with van der Waals surface area (Å²) >= 11 is 5.99. The Morgan fingerprint density at radius 1 is 1.55 bits per heavy atom. The van der Waals surface area contributed by atoms with Crippen LogP contribution in [0.2, 0.25) is 5.02 Å². The Morgan fingerprint density at radius 3 is 2.95 bits per heavy atom. The SMILES string of the molecule is CCCC1CCN(C(=O)c2cccc([N+](=O)[O-])c2Cl)C1. The fraction of sp³-hybridized carbons (Fsp3) is 0.500. The molecule has 20 heavy (non-hydrogen) atoms. The highest BCUT2D eigenvalue weighted by molar-refractivity contribution is 6.35. The Kier molecular flexibility index (Phi) is 4.60. The molecule has 0 aliphatic carbocycles. The molecule has 0 bridgehead atoms. The standard InChI is InChI=1S/C14H17ClN2O3/c1-2-4-10-7-8-16(9-10)14(18)11-5-3-6-12(13(11)15)17(19)20/h3,5-6,10H,2,4,7-9H2,1H3. The number of hydrogen-bond donors (Lipinski definition) is 0. The third-order valence-electron chi connectivity index (χ3n) is 3.68. The van der Waals surface area contributed by atoms with Gasteiger partial charge in [-0.2, -0.15) is 0 Å². The van der Waals surface area contributed by atoms with Crippen LogP contribution in [0.1, 0.15) is 36.5 Å². The van der Waals surface area contributed by atoms with E-state index in [0.717, 1.165) is 19.3 Å². The van der Waals surface area contributed by atoms with E-state index in [1.54, 1.807) is 11.0 Å². The first kappa shape index (κ1) is 14.8. The van der Waals surface area contributed by atoms with Crippen molar-refractivity contribution < 1.29 is 9.72 Å². The van der Waals surface area contributed by atoms with Crippen LogP contribution in [0.15, 0.2) is 18.2 Å². The molecule has 1 fully saturated rings. The highest BCUT2D eigenvalue weighted by atomic mass is 35.5. The Morgan fingerprint density at radius 2 is 2.30 bits per heavy atom. The normalized spacial score (nSPS) is 18.3. The van der Waals surface area contributed by atoms with Crippen molar-refractivity contribution in [2.45, 2.75) is 26.2 Å². The lowest BCUT2D eigenvalue weighted by atomic mass is 10.0. The van der Waals surface area contributed by atoms with Gasteiger partial charge in [0.2, 0.25) is 0 Å². The molecule has 1 aliphatic rings. The fourth-order valence-corrected chi connectivity index (χ4v) is 2.93. The van der Waals surface area contributed by atoms with E-state index in [1.165, 1.54) is 12.1 Å². The van der Waals surface area contributed by atoms with Gasteiger partial charge in [-0.25, -0.2) is 0 Å². The van der Waals surface area contributed by atoms with Crippen molar-refractivity contribution in [1.82, 2.24) is 4.90 Å². The molecule has 1 amide bonds. The fourth-order valence-electron chi connectivity index (χ4n) is 2.66. The molecule has 1 unspecified atom stereocenters. The first-order chi connectivity index (χ1) is 9.54. The van der Waals surface area contributed by atoms with Gasteiger partial charge in [0.15, 0.2) is 0 Å². The molecule has 1 aliphatic heterocycles. The van der Waals surface area contributed by atoms with Gasteiger partial charge in [-0.1, -0.05) is 31.0 Å². The highest BCUT2D eigenvalue weighted by Crippen LogP contribution is 2.30. The number of hydrogen-bond acceptors (Lipinski definition) is 3. The van der Waals surface area contributed by atoms with Gasteiger partial charge in [0, 0.05) is 19.2 Å². The Balaban J connectivity index is 2.18. The highest BCUT2D eigenvalue weighted by Gasteiger charge is 2.29. The summed E-state index contributed by atoms with van der Waals surface area (Å²) in [6.07, 6.45) is 3.20. The smallest absolute Gasteiger partial charge is 0.288 e. The van der Waals surface area contributed by atoms with Crippen LogP contribution >= 0.6 is 11.6 Å². The van der Waals surface area contributed by atoms with Gasteiger partial charge in [-0.15, -0.1) is 0 Å². The third-order valence-corrected chi connectivity index (χ3v) is 4.07. The molecule has 0 saturated carbocycles. The van der Waals surface area contributed by atoms with E-state index in [0.29, 0.717) is 19.0 Å². The number of carbonyl (C=O) groups excluding carboxylic acids is 1. The second-order valence-electron chi connectivity index (χ2n) is 5.09. The number of nitrogens with zero attached hydrogens (tertiary/aromatic N) is 2. The van der Waals surface area contributed by atoms with Crippen LogP contribution in [-0.2, 0) is 0 Å². The van der Waals surface area contributed by atoms with Crippen LogP contribution < -0.4 is 0 Å². The van der Waals surface area contributed by atoms with Crippen LogP contribution in [0, 0.1) is 16.0 Å². The topological polar surface area (TPSA) is 63.5 Å². The van der Waals surface area contributed by atoms with Crippen molar-refractivity contribution in [2.75, 3.05) is 13.1 Å². The molecule has 1 atom stereocenters. The lowest BCUT2D eigenvalue weighted by Crippen LogP contribution is -2.29. The maximum atomic E-state index is 12.4. The van der Waals surface area contributed by atoms with Crippen LogP contribution in [0.5, 0.6) is 0 Å². The zero-order valence-corrected chi connectivity index (χ0v) is 12.1. The monoisotopic (exact) mass is 296 g/mol. The first-order valence-electron chi connectivity index (χ1n) is 6.76. The van der Waals surface area contributed by atoms with E-state index in [4.69, 9.17) is 11.6 Å². The Hall–Kier alpha value is -1.62. The van der Waals surface area contributed by atoms with Gasteiger partial charge < -0.3 is 4.90 Å². The van der Waals surface area contributed by atoms with Crippen molar-refractivity contribution in [2.24, 2.45) is 5.92 Å². The van der Waals surface area contributed by atoms with Gasteiger partial charge >= 0.3 is 0 Å². The van der Waals surface area contributed by atoms with Crippen molar-refractivity contribution in [3.05, 3.63) is 38.9 Å². The van der Waals surface area contributed by atoms with Gasteiger partial charge in [-0.05, 0) is 24.8 Å². The molecule has 5 nitrogen and oxygen atoms in total. The summed E-state index contributed by atoms with van der Waals surface area (Å²) < 4.78 is 0. The van der Waals surface area contributed by atoms with Crippen LogP contribution in [-0.4, -0.2) is 28.8 Å². The molecule has 2 rings (SSSR count). The van der Waals surface area contributed by atoms with Crippen molar-refractivity contribution >= 4 is 23.2 Å². The second-order valence-corrected chi connectivity index (χ2v) is 5.47. The number of rotatable bonds is 4. The predicted octanol–water partition coefficient (Wildman–Crippen LogP) is 3.51. The van der Waals surface area contributed by atoms with E-state index in [1.807, 2.05) is 0 Å². The van der Waals surface area contributed by atoms with Crippen molar-refractivity contribution in [3.8, 4) is 0 Å². The minimum absolute atomic E-state index is 0.0681. The summed E-state index contributed by atoms with van der Waals surface area (Å²) in [4.78, 5) is 24.4. The minimum Gasteiger partial charge on any atom is -0.338 e. The number of amides is 1. The van der Waals surface area contributed by atoms with Crippen LogP contribution in [0.3, 0.4) is 0 Å². The van der Waals surface area contributed by atoms with E-state index < -0.39 is 4.92 Å². The van der Waals surface area contributed by atoms with E-state index >= 15 is 0 Å². The Bertz CT molecular complexity index is 533. The molecule has 0 radical (unpaired) electrons. The first-order valence-corrected chi connectivity index (χ1v) is 7.14. The maximum absolute atomic E-state index is 12.4. The molecule has 0 aromatic heterocycles. The predicted molar refractivity (Wildman–Crippen MR) is 77.0 cm³/mol. The summed E-state index contributed by atoms with van der Waals surface area (Å²) in [6, 6.07) is 4.35. The molecular weight excluding hydrogens is 280 g/mol. The largest absolute Gasteiger partial charge is 0.338 e. The lowest BCUT2D eigenvalue weighted by Gasteiger charge is -2.17. The molecule has 1 aromatic rings. The lowest BCUT2D eigenvalue weighted by molar-refractivity contribution is -0.384. The summed E-state index contributed by atoms with van der Waals surface area (Å²) in [5, 5.41) is 10.8. The van der Waals surface area contributed by atoms with E-state index in [-0.39, 0.29) is 22.2 Å². The van der Waals surface area contributed by atoms with Gasteiger partial charge in [0.05, 0.1) is 10.5 Å². The zero-order chi connectivity index (χ0) is 14.7. The Labute approximate surface area is 122 Å². The molecule has 1 aromatic carbocycles. The molecule has 1 saturated heterocycles. The second kappa shape index (κ2) is 6.22. The number of carbonyl (C=O) groups is 1. The average Bonchev–Trinajstić information content (AvgIpc) is 2.87. The zero-order valence-electron chi connectivity index (χ0n) is 11.3. The van der Waals surface area contributed by atoms with E-state index in [9.17, 15) is 14.9 Å². The summed E-state index contributed by atoms with van der Waals surface area (Å²) in [7, 11) is 0. The van der Waals surface area contributed by atoms with Crippen molar-refractivity contribution in [3.63, 3.8) is 0 Å². The van der Waals surface area contributed by atoms with Crippen molar-refractivity contribution in [1.29, 1.82) is 0 Å². The molecule has 6 heteroatoms. The van der Waals surface area contributed by atoms with E-state index in [2.05, 4.69) is 6.92 Å². The molecular formula is C14H17ClN2O3. The molecule has 108 valence electrons. The van der Waals surface area contributed by atoms with Gasteiger partial charge in [-0.3, -0.25) is 14.9 Å². The quantitative estimate of drug-likeness (QED) is 0.631. The molecule has 1 heterocycles. The van der Waals surface area contributed by atoms with Crippen LogP contribution in [0.25, 0.3) is 0 Å². The maximum Gasteiger partial charge on any atom is 0.288 e. The number of halogens is 1. The minimum atomic E-state index is -0.566. The third kappa shape index (κ3) is 2.93. The van der Waals surface area contributed by atoms with Crippen LogP contribution in [0.4, 0.5) is 5.69 Å². The summed E-state index contributed by atoms with van der Waals surface area (Å²) in [5.74, 6) is 0.318. The molecule has 0 N–H and O–H groups in total. The summed E-state index contributed by atoms with van der Waals surface area (Å²) in [5.41, 5.74) is -0.000151. The van der Waals surface area contributed by atoms with Gasteiger partial charge in [0.25, 0.3) is 11.6 Å². The number of nitro benzene ring substituents is 1. The van der Waals surface area contributed by atoms with Gasteiger partial charge in [0.1, 0.15) is 5.02 Å². The number of likely N-dealkylation sites (tertiary alicyclic amines) is 1. The number of nitro groups is 1. The summed E-state index contributed by atoms with van der Waals surface area (Å²) in [6.45, 7) is 3.54. The number of benzene rings is 1. The average molecular weight is 297 g/mol.